The van der Waals surface area contributed by atoms with Crippen molar-refractivity contribution in [1.82, 2.24) is 5.32 Å². The van der Waals surface area contributed by atoms with Crippen LogP contribution in [0.2, 0.25) is 0 Å². The van der Waals surface area contributed by atoms with E-state index < -0.39 is 0 Å². The van der Waals surface area contributed by atoms with Gasteiger partial charge in [-0.15, -0.1) is 0 Å². The summed E-state index contributed by atoms with van der Waals surface area (Å²) < 4.78 is 0. The Kier molecular flexibility index (Phi) is 11.9. The first kappa shape index (κ1) is 20.9. The first-order valence-electron chi connectivity index (χ1n) is 8.85. The second-order valence-corrected chi connectivity index (χ2v) is 6.50. The van der Waals surface area contributed by atoms with Gasteiger partial charge in [0, 0.05) is 0 Å². The van der Waals surface area contributed by atoms with Gasteiger partial charge in [-0.1, -0.05) is 64.2 Å². The van der Waals surface area contributed by atoms with Crippen molar-refractivity contribution < 1.29 is 0 Å². The van der Waals surface area contributed by atoms with E-state index in [2.05, 4.69) is 59.2 Å². The molecule has 0 unspecified atom stereocenters. The normalized spacial score (nSPS) is 13.3. The van der Waals surface area contributed by atoms with Gasteiger partial charge in [0.1, 0.15) is 0 Å². The molecule has 0 aliphatic heterocycles. The molecule has 1 N–H and O–H groups in total. The van der Waals surface area contributed by atoms with Gasteiger partial charge in [-0.2, -0.15) is 0 Å². The van der Waals surface area contributed by atoms with Gasteiger partial charge < -0.3 is 5.32 Å². The zero-order valence-corrected chi connectivity index (χ0v) is 15.6. The Morgan fingerprint density at radius 3 is 2.36 bits per heavy atom. The Morgan fingerprint density at radius 1 is 1.18 bits per heavy atom. The van der Waals surface area contributed by atoms with Crippen molar-refractivity contribution in [3.8, 4) is 0 Å². The first-order valence-corrected chi connectivity index (χ1v) is 8.85. The van der Waals surface area contributed by atoms with Crippen LogP contribution in [0.4, 0.5) is 0 Å². The highest BCUT2D eigenvalue weighted by Crippen LogP contribution is 2.27. The summed E-state index contributed by atoms with van der Waals surface area (Å²) in [6.07, 6.45) is 9.82. The van der Waals surface area contributed by atoms with Crippen molar-refractivity contribution in [2.45, 2.75) is 66.7 Å². The molecular formula is C21H37N. The summed E-state index contributed by atoms with van der Waals surface area (Å²) in [5.41, 5.74) is 5.47. The first-order chi connectivity index (χ1) is 10.5. The van der Waals surface area contributed by atoms with Crippen LogP contribution in [-0.2, 0) is 0 Å². The van der Waals surface area contributed by atoms with Crippen LogP contribution in [-0.4, -0.2) is 13.1 Å². The van der Waals surface area contributed by atoms with Gasteiger partial charge in [0.2, 0.25) is 0 Å². The van der Waals surface area contributed by atoms with E-state index in [0.29, 0.717) is 0 Å². The van der Waals surface area contributed by atoms with E-state index in [1.165, 1.54) is 28.7 Å². The predicted octanol–water partition coefficient (Wildman–Crippen LogP) is 6.21. The average Bonchev–Trinajstić information content (AvgIpc) is 2.46. The maximum Gasteiger partial charge on any atom is -0.00113 e. The van der Waals surface area contributed by atoms with Crippen molar-refractivity contribution in [2.75, 3.05) is 13.1 Å². The molecule has 0 bridgehead atoms. The third kappa shape index (κ3) is 9.04. The number of allylic oxidation sites excluding steroid dienone is 5. The quantitative estimate of drug-likeness (QED) is 0.257. The topological polar surface area (TPSA) is 12.0 Å². The van der Waals surface area contributed by atoms with Crippen LogP contribution in [0.3, 0.4) is 0 Å². The van der Waals surface area contributed by atoms with E-state index in [1.54, 1.807) is 0 Å². The molecule has 0 fully saturated rings. The smallest absolute Gasteiger partial charge is 0.00113 e. The molecule has 0 amide bonds. The zero-order valence-electron chi connectivity index (χ0n) is 15.6. The van der Waals surface area contributed by atoms with Crippen LogP contribution in [0.15, 0.2) is 47.6 Å². The Labute approximate surface area is 139 Å². The fourth-order valence-electron chi connectivity index (χ4n) is 2.63. The van der Waals surface area contributed by atoms with E-state index >= 15 is 0 Å². The molecule has 0 rings (SSSR count). The van der Waals surface area contributed by atoms with Crippen molar-refractivity contribution in [2.24, 2.45) is 5.92 Å². The van der Waals surface area contributed by atoms with Crippen molar-refractivity contribution >= 4 is 0 Å². The van der Waals surface area contributed by atoms with Crippen molar-refractivity contribution in [1.29, 1.82) is 0 Å². The van der Waals surface area contributed by atoms with E-state index in [0.717, 1.165) is 44.7 Å². The molecule has 0 aromatic heterocycles. The molecule has 0 heterocycles. The minimum absolute atomic E-state index is 0.717. The summed E-state index contributed by atoms with van der Waals surface area (Å²) >= 11 is 0. The highest BCUT2D eigenvalue weighted by atomic mass is 14.8. The van der Waals surface area contributed by atoms with E-state index in [4.69, 9.17) is 0 Å². The van der Waals surface area contributed by atoms with Crippen LogP contribution >= 0.6 is 0 Å². The molecule has 0 spiro atoms. The van der Waals surface area contributed by atoms with Crippen LogP contribution in [0, 0.1) is 5.92 Å². The van der Waals surface area contributed by atoms with E-state index in [-0.39, 0.29) is 0 Å². The summed E-state index contributed by atoms with van der Waals surface area (Å²) in [6.45, 7) is 21.6. The minimum atomic E-state index is 0.717. The molecule has 0 saturated carbocycles. The number of hydrogen-bond acceptors (Lipinski definition) is 1. The molecule has 1 nitrogen and oxygen atoms in total. The lowest BCUT2D eigenvalue weighted by atomic mass is 9.90. The summed E-state index contributed by atoms with van der Waals surface area (Å²) in [6, 6.07) is 0. The van der Waals surface area contributed by atoms with E-state index in [1.807, 2.05) is 6.08 Å². The van der Waals surface area contributed by atoms with Gasteiger partial charge in [0.05, 0.1) is 0 Å². The van der Waals surface area contributed by atoms with Gasteiger partial charge in [-0.05, 0) is 69.2 Å². The minimum Gasteiger partial charge on any atom is -0.317 e. The maximum atomic E-state index is 4.33. The van der Waals surface area contributed by atoms with Crippen LogP contribution < -0.4 is 5.32 Å². The van der Waals surface area contributed by atoms with Crippen LogP contribution in [0.1, 0.15) is 66.7 Å². The second kappa shape index (κ2) is 12.5. The fourth-order valence-corrected chi connectivity index (χ4v) is 2.63. The van der Waals surface area contributed by atoms with Gasteiger partial charge in [0.25, 0.3) is 0 Å². The molecule has 0 aromatic rings. The monoisotopic (exact) mass is 303 g/mol. The Morgan fingerprint density at radius 2 is 1.86 bits per heavy atom. The highest BCUT2D eigenvalue weighted by Gasteiger charge is 2.09. The summed E-state index contributed by atoms with van der Waals surface area (Å²) in [5.74, 6) is 0.717. The lowest BCUT2D eigenvalue weighted by Gasteiger charge is -2.17. The molecule has 1 heteroatoms. The molecule has 0 aliphatic rings. The standard InChI is InChI=1S/C21H37N/c1-8-11-18(6)16-20(14-15-22-10-3)21(9-2)19(7)13-12-17(4)5/h9,11,17,22H,2,7-8,10,12-16H2,1,3-6H3. The summed E-state index contributed by atoms with van der Waals surface area (Å²) in [7, 11) is 0. The number of hydrogen-bond donors (Lipinski definition) is 1. The van der Waals surface area contributed by atoms with Gasteiger partial charge in [0.15, 0.2) is 0 Å². The third-order valence-electron chi connectivity index (χ3n) is 3.89. The van der Waals surface area contributed by atoms with Crippen molar-refractivity contribution in [3.63, 3.8) is 0 Å². The van der Waals surface area contributed by atoms with Crippen molar-refractivity contribution in [3.05, 3.63) is 47.6 Å². The average molecular weight is 304 g/mol. The SMILES string of the molecule is C=CC(C(=C)CCC(C)C)=C(CCNCC)CC(C)=CCC. The zero-order chi connectivity index (χ0) is 17.0. The molecule has 126 valence electrons. The molecule has 0 saturated heterocycles. The number of nitrogens with one attached hydrogen (secondary N) is 1. The Balaban J connectivity index is 5.18. The highest BCUT2D eigenvalue weighted by molar-refractivity contribution is 5.42. The fraction of sp³-hybridized carbons (Fsp3) is 0.619. The van der Waals surface area contributed by atoms with Gasteiger partial charge in [-0.25, -0.2) is 0 Å². The lowest BCUT2D eigenvalue weighted by Crippen LogP contribution is -2.15. The van der Waals surface area contributed by atoms with Crippen LogP contribution in [0.25, 0.3) is 0 Å². The van der Waals surface area contributed by atoms with Gasteiger partial charge >= 0.3 is 0 Å². The second-order valence-electron chi connectivity index (χ2n) is 6.50. The Bertz CT molecular complexity index is 396. The number of rotatable bonds is 12. The van der Waals surface area contributed by atoms with Crippen LogP contribution in [0.5, 0.6) is 0 Å². The largest absolute Gasteiger partial charge is 0.317 e. The third-order valence-corrected chi connectivity index (χ3v) is 3.89. The molecular weight excluding hydrogens is 266 g/mol. The van der Waals surface area contributed by atoms with Gasteiger partial charge in [-0.3, -0.25) is 0 Å². The maximum absolute atomic E-state index is 4.33. The van der Waals surface area contributed by atoms with E-state index in [9.17, 15) is 0 Å². The molecule has 0 radical (unpaired) electrons. The molecule has 0 aromatic carbocycles. The predicted molar refractivity (Wildman–Crippen MR) is 102 cm³/mol. The molecule has 0 atom stereocenters. The molecule has 0 aliphatic carbocycles. The Hall–Kier alpha value is -1.08. The molecule has 22 heavy (non-hydrogen) atoms. The lowest BCUT2D eigenvalue weighted by molar-refractivity contribution is 0.586. The summed E-state index contributed by atoms with van der Waals surface area (Å²) in [5, 5.41) is 3.43. The summed E-state index contributed by atoms with van der Waals surface area (Å²) in [4.78, 5) is 0.